The van der Waals surface area contributed by atoms with Gasteiger partial charge >= 0.3 is 6.18 Å². The summed E-state index contributed by atoms with van der Waals surface area (Å²) in [6, 6.07) is 0.939. The number of carbonyl (C=O) groups excluding carboxylic acids is 1. The molecule has 5 nitrogen and oxygen atoms in total. The van der Waals surface area contributed by atoms with Crippen molar-refractivity contribution < 1.29 is 18.0 Å². The maximum atomic E-state index is 12.5. The van der Waals surface area contributed by atoms with Crippen LogP contribution in [0.25, 0.3) is 0 Å². The highest BCUT2D eigenvalue weighted by atomic mass is 35.5. The van der Waals surface area contributed by atoms with Crippen molar-refractivity contribution in [3.63, 3.8) is 0 Å². The van der Waals surface area contributed by atoms with Crippen molar-refractivity contribution in [3.05, 3.63) is 22.8 Å². The van der Waals surface area contributed by atoms with E-state index in [1.165, 1.54) is 0 Å². The summed E-state index contributed by atoms with van der Waals surface area (Å²) in [7, 11) is 0. The number of anilines is 1. The zero-order chi connectivity index (χ0) is 16.9. The number of rotatable bonds is 5. The molecule has 2 rings (SSSR count). The standard InChI is InChI=1S/C14H18ClF3N4O/c15-11-6-9(14(16,17)18)7-21-13(11)20-5-3-12(23)22-10-2-1-4-19-8-10/h6-7,10,19H,1-5,8H2,(H,20,21)(H,22,23)/t10-/m0/s1. The molecular weight excluding hydrogens is 333 g/mol. The van der Waals surface area contributed by atoms with Crippen molar-refractivity contribution in [2.24, 2.45) is 0 Å². The van der Waals surface area contributed by atoms with Crippen molar-refractivity contribution in [2.75, 3.05) is 25.0 Å². The smallest absolute Gasteiger partial charge is 0.368 e. The molecule has 0 spiro atoms. The minimum Gasteiger partial charge on any atom is -0.368 e. The Labute approximate surface area is 137 Å². The van der Waals surface area contributed by atoms with Gasteiger partial charge in [-0.15, -0.1) is 0 Å². The third-order valence-corrected chi connectivity index (χ3v) is 3.76. The quantitative estimate of drug-likeness (QED) is 0.763. The molecule has 128 valence electrons. The second-order valence-electron chi connectivity index (χ2n) is 5.34. The molecule has 3 N–H and O–H groups in total. The Kier molecular flexibility index (Phi) is 6.06. The highest BCUT2D eigenvalue weighted by molar-refractivity contribution is 6.32. The number of pyridine rings is 1. The van der Waals surface area contributed by atoms with Gasteiger partial charge in [0.2, 0.25) is 5.91 Å². The Hall–Kier alpha value is -1.54. The van der Waals surface area contributed by atoms with E-state index in [0.717, 1.165) is 32.0 Å². The first-order valence-corrected chi connectivity index (χ1v) is 7.71. The number of alkyl halides is 3. The lowest BCUT2D eigenvalue weighted by Gasteiger charge is -2.23. The van der Waals surface area contributed by atoms with Crippen LogP contribution in [-0.4, -0.2) is 36.6 Å². The highest BCUT2D eigenvalue weighted by Crippen LogP contribution is 2.32. The van der Waals surface area contributed by atoms with E-state index in [0.29, 0.717) is 6.20 Å². The third-order valence-electron chi connectivity index (χ3n) is 3.48. The number of piperidine rings is 1. The van der Waals surface area contributed by atoms with Gasteiger partial charge in [-0.25, -0.2) is 4.98 Å². The molecule has 0 bridgehead atoms. The maximum Gasteiger partial charge on any atom is 0.417 e. The van der Waals surface area contributed by atoms with Crippen LogP contribution in [0, 0.1) is 0 Å². The fraction of sp³-hybridized carbons (Fsp3) is 0.571. The van der Waals surface area contributed by atoms with Gasteiger partial charge < -0.3 is 16.0 Å². The van der Waals surface area contributed by atoms with Gasteiger partial charge in [0.05, 0.1) is 10.6 Å². The Bertz CT molecular complexity index is 547. The number of halogens is 4. The van der Waals surface area contributed by atoms with Crippen LogP contribution in [0.3, 0.4) is 0 Å². The number of nitrogens with zero attached hydrogens (tertiary/aromatic N) is 1. The van der Waals surface area contributed by atoms with Crippen LogP contribution in [0.1, 0.15) is 24.8 Å². The molecule has 1 aromatic rings. The number of amides is 1. The first kappa shape index (κ1) is 17.8. The summed E-state index contributed by atoms with van der Waals surface area (Å²) < 4.78 is 37.5. The lowest BCUT2D eigenvalue weighted by Crippen LogP contribution is -2.45. The molecular formula is C14H18ClF3N4O. The van der Waals surface area contributed by atoms with Crippen LogP contribution in [-0.2, 0) is 11.0 Å². The molecule has 0 radical (unpaired) electrons. The van der Waals surface area contributed by atoms with Gasteiger partial charge in [-0.05, 0) is 25.5 Å². The average molecular weight is 351 g/mol. The normalized spacial score (nSPS) is 18.5. The third kappa shape index (κ3) is 5.54. The summed E-state index contributed by atoms with van der Waals surface area (Å²) in [6.07, 6.45) is -1.62. The zero-order valence-corrected chi connectivity index (χ0v) is 13.1. The van der Waals surface area contributed by atoms with E-state index in [-0.39, 0.29) is 35.8 Å². The lowest BCUT2D eigenvalue weighted by atomic mass is 10.1. The SMILES string of the molecule is O=C(CCNc1ncc(C(F)(F)F)cc1Cl)N[C@H]1CCCNC1. The highest BCUT2D eigenvalue weighted by Gasteiger charge is 2.31. The van der Waals surface area contributed by atoms with Crippen molar-refractivity contribution >= 4 is 23.3 Å². The van der Waals surface area contributed by atoms with Gasteiger partial charge in [0.25, 0.3) is 0 Å². The molecule has 1 aliphatic heterocycles. The van der Waals surface area contributed by atoms with Crippen molar-refractivity contribution in [2.45, 2.75) is 31.5 Å². The Balaban J connectivity index is 1.78. The van der Waals surface area contributed by atoms with Crippen molar-refractivity contribution in [1.82, 2.24) is 15.6 Å². The minimum atomic E-state index is -4.48. The molecule has 1 aliphatic rings. The van der Waals surface area contributed by atoms with E-state index in [4.69, 9.17) is 11.6 Å². The first-order valence-electron chi connectivity index (χ1n) is 7.33. The first-order chi connectivity index (χ1) is 10.9. The van der Waals surface area contributed by atoms with E-state index in [9.17, 15) is 18.0 Å². The van der Waals surface area contributed by atoms with Crippen LogP contribution in [0.2, 0.25) is 5.02 Å². The second-order valence-corrected chi connectivity index (χ2v) is 5.75. The Morgan fingerprint density at radius 1 is 1.48 bits per heavy atom. The van der Waals surface area contributed by atoms with Gasteiger partial charge in [-0.3, -0.25) is 4.79 Å². The van der Waals surface area contributed by atoms with Gasteiger partial charge in [-0.1, -0.05) is 11.6 Å². The summed E-state index contributed by atoms with van der Waals surface area (Å²) >= 11 is 5.77. The van der Waals surface area contributed by atoms with Gasteiger partial charge in [0, 0.05) is 31.7 Å². The number of nitrogens with one attached hydrogen (secondary N) is 3. The van der Waals surface area contributed by atoms with Crippen LogP contribution < -0.4 is 16.0 Å². The Morgan fingerprint density at radius 2 is 2.26 bits per heavy atom. The average Bonchev–Trinajstić information content (AvgIpc) is 2.49. The van der Waals surface area contributed by atoms with E-state index < -0.39 is 11.7 Å². The molecule has 2 heterocycles. The maximum absolute atomic E-state index is 12.5. The zero-order valence-electron chi connectivity index (χ0n) is 12.3. The van der Waals surface area contributed by atoms with Gasteiger partial charge in [0.15, 0.2) is 0 Å². The van der Waals surface area contributed by atoms with Crippen molar-refractivity contribution in [1.29, 1.82) is 0 Å². The van der Waals surface area contributed by atoms with Gasteiger partial charge in [0.1, 0.15) is 5.82 Å². The predicted octanol–water partition coefficient (Wildman–Crippen LogP) is 2.42. The topological polar surface area (TPSA) is 66.0 Å². The second kappa shape index (κ2) is 7.83. The largest absolute Gasteiger partial charge is 0.417 e. The molecule has 1 atom stereocenters. The molecule has 1 amide bonds. The Morgan fingerprint density at radius 3 is 2.87 bits per heavy atom. The molecule has 23 heavy (non-hydrogen) atoms. The fourth-order valence-electron chi connectivity index (χ4n) is 2.29. The predicted molar refractivity (Wildman–Crippen MR) is 81.4 cm³/mol. The van der Waals surface area contributed by atoms with Crippen LogP contribution in [0.15, 0.2) is 12.3 Å². The van der Waals surface area contributed by atoms with Crippen molar-refractivity contribution in [3.8, 4) is 0 Å². The van der Waals surface area contributed by atoms with Crippen LogP contribution in [0.4, 0.5) is 19.0 Å². The molecule has 0 aliphatic carbocycles. The molecule has 0 aromatic carbocycles. The van der Waals surface area contributed by atoms with E-state index >= 15 is 0 Å². The number of aromatic nitrogens is 1. The summed E-state index contributed by atoms with van der Waals surface area (Å²) in [6.45, 7) is 1.96. The van der Waals surface area contributed by atoms with E-state index in [1.54, 1.807) is 0 Å². The number of carbonyl (C=O) groups is 1. The number of hydrogen-bond donors (Lipinski definition) is 3. The number of hydrogen-bond acceptors (Lipinski definition) is 4. The molecule has 1 saturated heterocycles. The summed E-state index contributed by atoms with van der Waals surface area (Å²) in [5.41, 5.74) is -0.907. The monoisotopic (exact) mass is 350 g/mol. The summed E-state index contributed by atoms with van der Waals surface area (Å²) in [5, 5.41) is 8.75. The molecule has 0 unspecified atom stereocenters. The molecule has 1 aromatic heterocycles. The lowest BCUT2D eigenvalue weighted by molar-refractivity contribution is -0.137. The van der Waals surface area contributed by atoms with Crippen LogP contribution in [0.5, 0.6) is 0 Å². The molecule has 0 saturated carbocycles. The van der Waals surface area contributed by atoms with E-state index in [2.05, 4.69) is 20.9 Å². The van der Waals surface area contributed by atoms with Gasteiger partial charge in [-0.2, -0.15) is 13.2 Å². The molecule has 9 heteroatoms. The minimum absolute atomic E-state index is 0.116. The fourth-order valence-corrected chi connectivity index (χ4v) is 2.53. The summed E-state index contributed by atoms with van der Waals surface area (Å²) in [4.78, 5) is 15.4. The molecule has 1 fully saturated rings. The summed E-state index contributed by atoms with van der Waals surface area (Å²) in [5.74, 6) is 0.0148. The van der Waals surface area contributed by atoms with Crippen LogP contribution >= 0.6 is 11.6 Å². The van der Waals surface area contributed by atoms with E-state index in [1.807, 2.05) is 0 Å².